The second kappa shape index (κ2) is 8.22. The maximum atomic E-state index is 14.4. The first-order chi connectivity index (χ1) is 12.6. The van der Waals surface area contributed by atoms with E-state index in [9.17, 15) is 9.18 Å². The van der Waals surface area contributed by atoms with E-state index in [0.717, 1.165) is 10.7 Å². The van der Waals surface area contributed by atoms with Crippen molar-refractivity contribution in [3.63, 3.8) is 0 Å². The van der Waals surface area contributed by atoms with Crippen LogP contribution in [0.15, 0.2) is 41.2 Å². The number of hydrogen-bond acceptors (Lipinski definition) is 6. The number of ether oxygens (including phenoxy) is 3. The monoisotopic (exact) mass is 379 g/mol. The van der Waals surface area contributed by atoms with Gasteiger partial charge in [-0.25, -0.2) is 4.39 Å². The van der Waals surface area contributed by atoms with Crippen molar-refractivity contribution in [3.05, 3.63) is 57.6 Å². The standard InChI is InChI=1S/C17H15ClFN3O4/c1-24-6-7-25-10-26-16-9-15(13(19)8-12(16)18)22-17(23)11-4-2-3-5-14(11)20-21-22/h2-5,8-9H,6-7,10H2,1H3. The molecule has 9 heteroatoms. The SMILES string of the molecule is COCCOCOc1cc(-n2nnc3ccccc3c2=O)c(F)cc1Cl. The van der Waals surface area contributed by atoms with Crippen molar-refractivity contribution in [2.45, 2.75) is 0 Å². The second-order valence-corrected chi connectivity index (χ2v) is 5.63. The minimum atomic E-state index is -0.727. The van der Waals surface area contributed by atoms with Gasteiger partial charge < -0.3 is 14.2 Å². The summed E-state index contributed by atoms with van der Waals surface area (Å²) in [5.74, 6) is -0.573. The third-order valence-electron chi connectivity index (χ3n) is 3.53. The second-order valence-electron chi connectivity index (χ2n) is 5.22. The molecule has 0 N–H and O–H groups in total. The first kappa shape index (κ1) is 18.2. The lowest BCUT2D eigenvalue weighted by molar-refractivity contribution is -0.00846. The van der Waals surface area contributed by atoms with Crippen molar-refractivity contribution in [2.75, 3.05) is 27.1 Å². The van der Waals surface area contributed by atoms with E-state index >= 15 is 0 Å². The van der Waals surface area contributed by atoms with Crippen molar-refractivity contribution in [1.82, 2.24) is 15.0 Å². The molecule has 2 aromatic carbocycles. The Balaban J connectivity index is 1.94. The lowest BCUT2D eigenvalue weighted by atomic mass is 10.2. The van der Waals surface area contributed by atoms with Gasteiger partial charge in [0.05, 0.1) is 23.6 Å². The van der Waals surface area contributed by atoms with Crippen molar-refractivity contribution in [2.24, 2.45) is 0 Å². The van der Waals surface area contributed by atoms with Gasteiger partial charge in [0.15, 0.2) is 12.6 Å². The average Bonchev–Trinajstić information content (AvgIpc) is 2.64. The summed E-state index contributed by atoms with van der Waals surface area (Å²) < 4.78 is 30.7. The third-order valence-corrected chi connectivity index (χ3v) is 3.82. The zero-order valence-corrected chi connectivity index (χ0v) is 14.6. The normalized spacial score (nSPS) is 11.0. The van der Waals surface area contributed by atoms with Gasteiger partial charge in [-0.3, -0.25) is 4.79 Å². The molecule has 0 atom stereocenters. The van der Waals surface area contributed by atoms with Crippen LogP contribution in [0.2, 0.25) is 5.02 Å². The van der Waals surface area contributed by atoms with Gasteiger partial charge in [0.2, 0.25) is 0 Å². The molecule has 0 aliphatic carbocycles. The van der Waals surface area contributed by atoms with E-state index in [1.165, 1.54) is 6.07 Å². The molecule has 136 valence electrons. The number of rotatable bonds is 7. The van der Waals surface area contributed by atoms with Crippen molar-refractivity contribution in [3.8, 4) is 11.4 Å². The predicted molar refractivity (Wildman–Crippen MR) is 93.4 cm³/mol. The summed E-state index contributed by atoms with van der Waals surface area (Å²) in [6.45, 7) is 0.637. The maximum absolute atomic E-state index is 14.4. The Bertz CT molecular complexity index is 980. The fourth-order valence-corrected chi connectivity index (χ4v) is 2.45. The van der Waals surface area contributed by atoms with Crippen LogP contribution in [0.25, 0.3) is 16.6 Å². The van der Waals surface area contributed by atoms with Crippen molar-refractivity contribution >= 4 is 22.5 Å². The van der Waals surface area contributed by atoms with Crippen LogP contribution < -0.4 is 10.3 Å². The summed E-state index contributed by atoms with van der Waals surface area (Å²) in [7, 11) is 1.55. The zero-order valence-electron chi connectivity index (χ0n) is 13.8. The molecule has 7 nitrogen and oxygen atoms in total. The Morgan fingerprint density at radius 3 is 2.85 bits per heavy atom. The highest BCUT2D eigenvalue weighted by Gasteiger charge is 2.15. The number of benzene rings is 2. The number of hydrogen-bond donors (Lipinski definition) is 0. The average molecular weight is 380 g/mol. The quantitative estimate of drug-likeness (QED) is 0.464. The third kappa shape index (κ3) is 3.82. The van der Waals surface area contributed by atoms with Crippen LogP contribution >= 0.6 is 11.6 Å². The van der Waals surface area contributed by atoms with Crippen LogP contribution in [0.3, 0.4) is 0 Å². The molecule has 0 aliphatic heterocycles. The largest absolute Gasteiger partial charge is 0.466 e. The molecule has 3 rings (SSSR count). The Morgan fingerprint density at radius 2 is 2.04 bits per heavy atom. The first-order valence-corrected chi connectivity index (χ1v) is 8.03. The minimum absolute atomic E-state index is 0.0448. The summed E-state index contributed by atoms with van der Waals surface area (Å²) >= 11 is 6.00. The molecule has 0 fully saturated rings. The number of nitrogens with zero attached hydrogens (tertiary/aromatic N) is 3. The molecule has 26 heavy (non-hydrogen) atoms. The van der Waals surface area contributed by atoms with Gasteiger partial charge in [0, 0.05) is 13.2 Å². The molecule has 0 bridgehead atoms. The van der Waals surface area contributed by atoms with Gasteiger partial charge >= 0.3 is 0 Å². The molecule has 0 aliphatic rings. The van der Waals surface area contributed by atoms with Crippen LogP contribution in [0, 0.1) is 5.82 Å². The molecular formula is C17H15ClFN3O4. The molecule has 0 unspecified atom stereocenters. The van der Waals surface area contributed by atoms with E-state index in [-0.39, 0.29) is 23.3 Å². The molecule has 0 saturated heterocycles. The smallest absolute Gasteiger partial charge is 0.282 e. The number of methoxy groups -OCH3 is 1. The lowest BCUT2D eigenvalue weighted by Gasteiger charge is -2.12. The lowest BCUT2D eigenvalue weighted by Crippen LogP contribution is -2.23. The van der Waals surface area contributed by atoms with Gasteiger partial charge in [0.1, 0.15) is 17.0 Å². The Hall–Kier alpha value is -2.55. The van der Waals surface area contributed by atoms with Crippen LogP contribution in [0.4, 0.5) is 4.39 Å². The Labute approximate surface area is 152 Å². The molecular weight excluding hydrogens is 365 g/mol. The highest BCUT2D eigenvalue weighted by molar-refractivity contribution is 6.32. The molecule has 0 spiro atoms. The fourth-order valence-electron chi connectivity index (χ4n) is 2.24. The van der Waals surface area contributed by atoms with E-state index in [1.54, 1.807) is 31.4 Å². The summed E-state index contributed by atoms with van der Waals surface area (Å²) in [6, 6.07) is 9.00. The van der Waals surface area contributed by atoms with Gasteiger partial charge in [0.25, 0.3) is 5.56 Å². The molecule has 1 aromatic heterocycles. The molecule has 3 aromatic rings. The summed E-state index contributed by atoms with van der Waals surface area (Å²) in [4.78, 5) is 12.6. The summed E-state index contributed by atoms with van der Waals surface area (Å²) in [5.41, 5.74) is -0.199. The number of fused-ring (bicyclic) bond motifs is 1. The highest BCUT2D eigenvalue weighted by Crippen LogP contribution is 2.29. The fraction of sp³-hybridized carbons (Fsp3) is 0.235. The summed E-state index contributed by atoms with van der Waals surface area (Å²) in [5, 5.41) is 8.10. The van der Waals surface area contributed by atoms with E-state index < -0.39 is 11.4 Å². The van der Waals surface area contributed by atoms with Gasteiger partial charge in [-0.05, 0) is 18.2 Å². The minimum Gasteiger partial charge on any atom is -0.466 e. The molecule has 0 amide bonds. The van der Waals surface area contributed by atoms with Crippen LogP contribution in [-0.2, 0) is 9.47 Å². The Morgan fingerprint density at radius 1 is 1.23 bits per heavy atom. The van der Waals surface area contributed by atoms with Gasteiger partial charge in [-0.2, -0.15) is 4.68 Å². The van der Waals surface area contributed by atoms with E-state index in [4.69, 9.17) is 25.8 Å². The molecule has 0 saturated carbocycles. The van der Waals surface area contributed by atoms with E-state index in [2.05, 4.69) is 10.3 Å². The number of halogens is 2. The Kier molecular flexibility index (Phi) is 5.77. The highest BCUT2D eigenvalue weighted by atomic mass is 35.5. The van der Waals surface area contributed by atoms with Gasteiger partial charge in [-0.1, -0.05) is 28.9 Å². The number of aromatic nitrogens is 3. The predicted octanol–water partition coefficient (Wildman–Crippen LogP) is 2.57. The van der Waals surface area contributed by atoms with Crippen molar-refractivity contribution in [1.29, 1.82) is 0 Å². The molecule has 1 heterocycles. The van der Waals surface area contributed by atoms with Crippen LogP contribution in [0.5, 0.6) is 5.75 Å². The maximum Gasteiger partial charge on any atom is 0.282 e. The topological polar surface area (TPSA) is 75.5 Å². The first-order valence-electron chi connectivity index (χ1n) is 7.65. The van der Waals surface area contributed by atoms with E-state index in [1.807, 2.05) is 0 Å². The van der Waals surface area contributed by atoms with Crippen LogP contribution in [0.1, 0.15) is 0 Å². The van der Waals surface area contributed by atoms with E-state index in [0.29, 0.717) is 24.1 Å². The van der Waals surface area contributed by atoms with Crippen LogP contribution in [-0.4, -0.2) is 42.1 Å². The summed E-state index contributed by atoms with van der Waals surface area (Å²) in [6.07, 6.45) is 0. The zero-order chi connectivity index (χ0) is 18.5. The van der Waals surface area contributed by atoms with Gasteiger partial charge in [-0.15, -0.1) is 5.10 Å². The molecule has 0 radical (unpaired) electrons. The van der Waals surface area contributed by atoms with Crippen molar-refractivity contribution < 1.29 is 18.6 Å².